The van der Waals surface area contributed by atoms with E-state index in [1.54, 1.807) is 23.6 Å². The average Bonchev–Trinajstić information content (AvgIpc) is 2.68. The molecule has 3 aromatic rings. The Morgan fingerprint density at radius 3 is 2.71 bits per heavy atom. The SMILES string of the molecule is CCOC(=O)c1cn(CCN)c2ccc(Cc3cccc(Cl)c3Cl)cc2c1=O. The summed E-state index contributed by atoms with van der Waals surface area (Å²) in [5.74, 6) is -0.636. The summed E-state index contributed by atoms with van der Waals surface area (Å²) < 4.78 is 6.83. The van der Waals surface area contributed by atoms with Crippen molar-refractivity contribution in [1.82, 2.24) is 4.57 Å². The number of ether oxygens (including phenoxy) is 1. The zero-order valence-corrected chi connectivity index (χ0v) is 16.9. The lowest BCUT2D eigenvalue weighted by Gasteiger charge is -2.14. The van der Waals surface area contributed by atoms with Crippen molar-refractivity contribution in [3.63, 3.8) is 0 Å². The number of nitrogens with two attached hydrogens (primary N) is 1. The monoisotopic (exact) mass is 418 g/mol. The van der Waals surface area contributed by atoms with Gasteiger partial charge in [0.05, 0.1) is 22.2 Å². The van der Waals surface area contributed by atoms with Gasteiger partial charge in [0.15, 0.2) is 0 Å². The Balaban J connectivity index is 2.13. The molecule has 0 saturated heterocycles. The van der Waals surface area contributed by atoms with Gasteiger partial charge in [0.2, 0.25) is 5.43 Å². The fourth-order valence-corrected chi connectivity index (χ4v) is 3.52. The molecule has 0 amide bonds. The maximum absolute atomic E-state index is 12.9. The number of halogens is 2. The van der Waals surface area contributed by atoms with E-state index < -0.39 is 5.97 Å². The van der Waals surface area contributed by atoms with Gasteiger partial charge in [-0.05, 0) is 42.7 Å². The summed E-state index contributed by atoms with van der Waals surface area (Å²) >= 11 is 12.4. The maximum Gasteiger partial charge on any atom is 0.343 e. The number of carbonyl (C=O) groups excluding carboxylic acids is 1. The van der Waals surface area contributed by atoms with Crippen LogP contribution in [-0.4, -0.2) is 23.7 Å². The van der Waals surface area contributed by atoms with Gasteiger partial charge in [0.25, 0.3) is 0 Å². The Kier molecular flexibility index (Phi) is 6.39. The Bertz CT molecular complexity index is 1090. The fourth-order valence-electron chi connectivity index (χ4n) is 3.14. The van der Waals surface area contributed by atoms with E-state index in [0.29, 0.717) is 40.5 Å². The van der Waals surface area contributed by atoms with Crippen molar-refractivity contribution in [2.45, 2.75) is 19.9 Å². The third kappa shape index (κ3) is 4.07. The van der Waals surface area contributed by atoms with Gasteiger partial charge in [-0.3, -0.25) is 4.79 Å². The molecule has 0 unspecified atom stereocenters. The molecule has 0 aliphatic carbocycles. The lowest BCUT2D eigenvalue weighted by Crippen LogP contribution is -2.22. The molecular formula is C21H20Cl2N2O3. The Morgan fingerprint density at radius 2 is 2.00 bits per heavy atom. The first-order chi connectivity index (χ1) is 13.5. The van der Waals surface area contributed by atoms with Crippen molar-refractivity contribution in [2.24, 2.45) is 5.73 Å². The van der Waals surface area contributed by atoms with Crippen LogP contribution in [0.2, 0.25) is 10.0 Å². The lowest BCUT2D eigenvalue weighted by atomic mass is 10.0. The van der Waals surface area contributed by atoms with E-state index in [9.17, 15) is 9.59 Å². The minimum absolute atomic E-state index is 0.000683. The number of esters is 1. The zero-order chi connectivity index (χ0) is 20.3. The number of hydrogen-bond donors (Lipinski definition) is 1. The maximum atomic E-state index is 12.9. The Hall–Kier alpha value is -2.34. The van der Waals surface area contributed by atoms with E-state index in [4.69, 9.17) is 33.7 Å². The molecule has 0 aliphatic rings. The predicted molar refractivity (Wildman–Crippen MR) is 112 cm³/mol. The second-order valence-electron chi connectivity index (χ2n) is 6.32. The highest BCUT2D eigenvalue weighted by Crippen LogP contribution is 2.28. The number of rotatable bonds is 6. The molecule has 2 aromatic carbocycles. The highest BCUT2D eigenvalue weighted by atomic mass is 35.5. The van der Waals surface area contributed by atoms with E-state index in [1.165, 1.54) is 6.20 Å². The highest BCUT2D eigenvalue weighted by molar-refractivity contribution is 6.42. The number of fused-ring (bicyclic) bond motifs is 1. The third-order valence-corrected chi connectivity index (χ3v) is 5.29. The second-order valence-corrected chi connectivity index (χ2v) is 7.10. The number of nitrogens with zero attached hydrogens (tertiary/aromatic N) is 1. The lowest BCUT2D eigenvalue weighted by molar-refractivity contribution is 0.0524. The molecule has 1 heterocycles. The van der Waals surface area contributed by atoms with E-state index in [1.807, 2.05) is 24.3 Å². The molecular weight excluding hydrogens is 399 g/mol. The molecule has 0 spiro atoms. The largest absolute Gasteiger partial charge is 0.462 e. The molecule has 3 rings (SSSR count). The highest BCUT2D eigenvalue weighted by Gasteiger charge is 2.17. The van der Waals surface area contributed by atoms with Crippen LogP contribution < -0.4 is 11.2 Å². The summed E-state index contributed by atoms with van der Waals surface area (Å²) in [4.78, 5) is 25.2. The fraction of sp³-hybridized carbons (Fsp3) is 0.238. The molecule has 0 atom stereocenters. The van der Waals surface area contributed by atoms with Gasteiger partial charge in [-0.2, -0.15) is 0 Å². The molecule has 0 radical (unpaired) electrons. The van der Waals surface area contributed by atoms with Gasteiger partial charge in [-0.1, -0.05) is 41.4 Å². The van der Waals surface area contributed by atoms with Crippen LogP contribution in [0.5, 0.6) is 0 Å². The van der Waals surface area contributed by atoms with Gasteiger partial charge in [-0.25, -0.2) is 4.79 Å². The number of benzene rings is 2. The first-order valence-corrected chi connectivity index (χ1v) is 9.68. The minimum Gasteiger partial charge on any atom is -0.462 e. The van der Waals surface area contributed by atoms with E-state index in [2.05, 4.69) is 0 Å². The van der Waals surface area contributed by atoms with Gasteiger partial charge >= 0.3 is 5.97 Å². The van der Waals surface area contributed by atoms with Crippen molar-refractivity contribution < 1.29 is 9.53 Å². The average molecular weight is 419 g/mol. The molecule has 2 N–H and O–H groups in total. The quantitative estimate of drug-likeness (QED) is 0.613. The number of carbonyl (C=O) groups is 1. The minimum atomic E-state index is -0.636. The molecule has 0 aliphatic heterocycles. The van der Waals surface area contributed by atoms with Crippen molar-refractivity contribution in [1.29, 1.82) is 0 Å². The summed E-state index contributed by atoms with van der Waals surface area (Å²) in [6.45, 7) is 2.74. The molecule has 28 heavy (non-hydrogen) atoms. The summed E-state index contributed by atoms with van der Waals surface area (Å²) in [5.41, 5.74) is 7.79. The van der Waals surface area contributed by atoms with Crippen LogP contribution in [0.15, 0.2) is 47.4 Å². The predicted octanol–water partition coefficient (Wildman–Crippen LogP) is 4.03. The Morgan fingerprint density at radius 1 is 1.21 bits per heavy atom. The normalized spacial score (nSPS) is 11.0. The summed E-state index contributed by atoms with van der Waals surface area (Å²) in [5, 5.41) is 1.41. The van der Waals surface area contributed by atoms with Crippen molar-refractivity contribution in [3.05, 3.63) is 79.6 Å². The standard InChI is InChI=1S/C21H20Cl2N2O3/c1-2-28-21(27)16-12-25(9-8-24)18-7-6-13(11-15(18)20(16)26)10-14-4-3-5-17(22)19(14)23/h3-7,11-12H,2,8-10,24H2,1H3. The van der Waals surface area contributed by atoms with Crippen molar-refractivity contribution in [3.8, 4) is 0 Å². The molecule has 0 saturated carbocycles. The third-order valence-electron chi connectivity index (χ3n) is 4.44. The summed E-state index contributed by atoms with van der Waals surface area (Å²) in [6.07, 6.45) is 2.03. The molecule has 5 nitrogen and oxygen atoms in total. The molecule has 1 aromatic heterocycles. The first kappa shape index (κ1) is 20.4. The zero-order valence-electron chi connectivity index (χ0n) is 15.4. The summed E-state index contributed by atoms with van der Waals surface area (Å²) in [6, 6.07) is 11.0. The molecule has 0 bridgehead atoms. The van der Waals surface area contributed by atoms with Crippen LogP contribution in [0.1, 0.15) is 28.4 Å². The van der Waals surface area contributed by atoms with Crippen LogP contribution in [-0.2, 0) is 17.7 Å². The van der Waals surface area contributed by atoms with Crippen LogP contribution in [0.25, 0.3) is 10.9 Å². The van der Waals surface area contributed by atoms with Crippen LogP contribution >= 0.6 is 23.2 Å². The molecule has 146 valence electrons. The number of pyridine rings is 1. The first-order valence-electron chi connectivity index (χ1n) is 8.92. The Labute approximate surface area is 172 Å². The van der Waals surface area contributed by atoms with Gasteiger partial charge in [-0.15, -0.1) is 0 Å². The van der Waals surface area contributed by atoms with Gasteiger partial charge in [0.1, 0.15) is 5.56 Å². The molecule has 7 heteroatoms. The van der Waals surface area contributed by atoms with Crippen molar-refractivity contribution in [2.75, 3.05) is 13.2 Å². The van der Waals surface area contributed by atoms with Gasteiger partial charge in [0, 0.05) is 24.7 Å². The van der Waals surface area contributed by atoms with Crippen LogP contribution in [0, 0.1) is 0 Å². The van der Waals surface area contributed by atoms with Crippen LogP contribution in [0.3, 0.4) is 0 Å². The molecule has 0 fully saturated rings. The van der Waals surface area contributed by atoms with Gasteiger partial charge < -0.3 is 15.0 Å². The van der Waals surface area contributed by atoms with E-state index >= 15 is 0 Å². The number of hydrogen-bond acceptors (Lipinski definition) is 4. The van der Waals surface area contributed by atoms with E-state index in [-0.39, 0.29) is 17.6 Å². The van der Waals surface area contributed by atoms with E-state index in [0.717, 1.165) is 11.1 Å². The van der Waals surface area contributed by atoms with Crippen LogP contribution in [0.4, 0.5) is 0 Å². The number of aromatic nitrogens is 1. The smallest absolute Gasteiger partial charge is 0.343 e. The summed E-state index contributed by atoms with van der Waals surface area (Å²) in [7, 11) is 0. The topological polar surface area (TPSA) is 74.3 Å². The van der Waals surface area contributed by atoms with Crippen molar-refractivity contribution >= 4 is 40.1 Å². The second kappa shape index (κ2) is 8.78.